The molecule has 1 heterocycles. The maximum Gasteiger partial charge on any atom is 0.247 e. The van der Waals surface area contributed by atoms with Crippen molar-refractivity contribution in [3.05, 3.63) is 35.2 Å². The lowest BCUT2D eigenvalue weighted by atomic mass is 10.1. The first-order valence-electron chi connectivity index (χ1n) is 8.66. The van der Waals surface area contributed by atoms with E-state index in [4.69, 9.17) is 16.0 Å². The van der Waals surface area contributed by atoms with Crippen molar-refractivity contribution in [3.8, 4) is 11.5 Å². The van der Waals surface area contributed by atoms with Crippen molar-refractivity contribution >= 4 is 11.6 Å². The molecule has 1 aromatic heterocycles. The summed E-state index contributed by atoms with van der Waals surface area (Å²) < 4.78 is 5.70. The molecule has 0 spiro atoms. The summed E-state index contributed by atoms with van der Waals surface area (Å²) in [6, 6.07) is 7.81. The monoisotopic (exact) mass is 350 g/mol. The second-order valence-corrected chi connectivity index (χ2v) is 6.40. The number of nitrogens with one attached hydrogen (secondary N) is 1. The van der Waals surface area contributed by atoms with Crippen LogP contribution in [0.4, 0.5) is 0 Å². The van der Waals surface area contributed by atoms with Crippen molar-refractivity contribution in [2.45, 2.75) is 46.2 Å². The van der Waals surface area contributed by atoms with Crippen LogP contribution in [0.2, 0.25) is 5.02 Å². The Morgan fingerprint density at radius 3 is 2.54 bits per heavy atom. The molecule has 0 fully saturated rings. The van der Waals surface area contributed by atoms with E-state index in [2.05, 4.69) is 41.2 Å². The van der Waals surface area contributed by atoms with E-state index in [1.165, 1.54) is 6.42 Å². The van der Waals surface area contributed by atoms with Crippen molar-refractivity contribution in [1.29, 1.82) is 0 Å². The van der Waals surface area contributed by atoms with Gasteiger partial charge in [-0.3, -0.25) is 0 Å². The first-order chi connectivity index (χ1) is 11.6. The molecule has 0 aliphatic rings. The number of aromatic nitrogens is 2. The van der Waals surface area contributed by atoms with Crippen molar-refractivity contribution in [1.82, 2.24) is 20.4 Å². The normalized spacial score (nSPS) is 12.7. The summed E-state index contributed by atoms with van der Waals surface area (Å²) in [5, 5.41) is 12.3. The van der Waals surface area contributed by atoms with Gasteiger partial charge in [-0.05, 0) is 63.7 Å². The van der Waals surface area contributed by atoms with E-state index >= 15 is 0 Å². The average molecular weight is 351 g/mol. The van der Waals surface area contributed by atoms with Gasteiger partial charge in [-0.15, -0.1) is 10.2 Å². The Hall–Kier alpha value is -1.43. The van der Waals surface area contributed by atoms with Crippen LogP contribution in [0.25, 0.3) is 11.5 Å². The Morgan fingerprint density at radius 2 is 1.88 bits per heavy atom. The van der Waals surface area contributed by atoms with Gasteiger partial charge >= 0.3 is 0 Å². The fraction of sp³-hybridized carbons (Fsp3) is 0.556. The Kier molecular flexibility index (Phi) is 7.69. The minimum Gasteiger partial charge on any atom is -0.419 e. The van der Waals surface area contributed by atoms with Crippen LogP contribution in [0.5, 0.6) is 0 Å². The molecule has 1 unspecified atom stereocenters. The Morgan fingerprint density at radius 1 is 1.17 bits per heavy atom. The fourth-order valence-corrected chi connectivity index (χ4v) is 2.68. The number of benzene rings is 1. The van der Waals surface area contributed by atoms with Gasteiger partial charge in [0.2, 0.25) is 11.8 Å². The van der Waals surface area contributed by atoms with E-state index in [0.717, 1.165) is 31.6 Å². The zero-order valence-electron chi connectivity index (χ0n) is 14.8. The fourth-order valence-electron chi connectivity index (χ4n) is 2.56. The van der Waals surface area contributed by atoms with E-state index in [-0.39, 0.29) is 0 Å². The third-order valence-electron chi connectivity index (χ3n) is 4.17. The molecule has 0 saturated carbocycles. The molecule has 0 bridgehead atoms. The molecule has 0 amide bonds. The maximum absolute atomic E-state index is 5.89. The molecule has 0 aliphatic heterocycles. The molecule has 1 atom stereocenters. The van der Waals surface area contributed by atoms with E-state index < -0.39 is 0 Å². The van der Waals surface area contributed by atoms with E-state index in [1.54, 1.807) is 0 Å². The predicted molar refractivity (Wildman–Crippen MR) is 98.1 cm³/mol. The summed E-state index contributed by atoms with van der Waals surface area (Å²) in [7, 11) is 0. The molecule has 1 aromatic carbocycles. The third-order valence-corrected chi connectivity index (χ3v) is 4.42. The highest BCUT2D eigenvalue weighted by Gasteiger charge is 2.10. The Bertz CT molecular complexity index is 595. The van der Waals surface area contributed by atoms with Crippen LogP contribution >= 0.6 is 11.6 Å². The largest absolute Gasteiger partial charge is 0.419 e. The zero-order chi connectivity index (χ0) is 17.4. The van der Waals surface area contributed by atoms with Crippen molar-refractivity contribution in [2.75, 3.05) is 19.6 Å². The molecule has 24 heavy (non-hydrogen) atoms. The lowest BCUT2D eigenvalue weighted by molar-refractivity contribution is 0.289. The van der Waals surface area contributed by atoms with E-state index in [9.17, 15) is 0 Å². The van der Waals surface area contributed by atoms with Crippen LogP contribution in [0, 0.1) is 0 Å². The molecule has 2 aromatic rings. The predicted octanol–water partition coefficient (Wildman–Crippen LogP) is 3.99. The number of rotatable bonds is 10. The highest BCUT2D eigenvalue weighted by Crippen LogP contribution is 2.20. The van der Waals surface area contributed by atoms with Crippen molar-refractivity contribution in [3.63, 3.8) is 0 Å². The molecule has 6 heteroatoms. The zero-order valence-corrected chi connectivity index (χ0v) is 15.5. The van der Waals surface area contributed by atoms with Crippen LogP contribution < -0.4 is 5.32 Å². The van der Waals surface area contributed by atoms with E-state index in [1.807, 2.05) is 24.3 Å². The van der Waals surface area contributed by atoms with Crippen LogP contribution in [-0.4, -0.2) is 40.8 Å². The molecule has 132 valence electrons. The van der Waals surface area contributed by atoms with Gasteiger partial charge in [-0.25, -0.2) is 0 Å². The van der Waals surface area contributed by atoms with Crippen molar-refractivity contribution < 1.29 is 4.42 Å². The van der Waals surface area contributed by atoms with Gasteiger partial charge in [0, 0.05) is 16.6 Å². The van der Waals surface area contributed by atoms with Crippen LogP contribution in [0.15, 0.2) is 28.7 Å². The van der Waals surface area contributed by atoms with Gasteiger partial charge in [-0.2, -0.15) is 0 Å². The number of hydrogen-bond acceptors (Lipinski definition) is 5. The molecule has 0 radical (unpaired) electrons. The number of hydrogen-bond donors (Lipinski definition) is 1. The summed E-state index contributed by atoms with van der Waals surface area (Å²) in [6.07, 6.45) is 2.32. The average Bonchev–Trinajstić information content (AvgIpc) is 3.06. The maximum atomic E-state index is 5.89. The minimum absolute atomic E-state index is 0.423. The quantitative estimate of drug-likeness (QED) is 0.702. The summed E-state index contributed by atoms with van der Waals surface area (Å²) >= 11 is 5.89. The van der Waals surface area contributed by atoms with Crippen molar-refractivity contribution in [2.24, 2.45) is 0 Å². The van der Waals surface area contributed by atoms with Gasteiger partial charge in [0.25, 0.3) is 0 Å². The molecule has 1 N–H and O–H groups in total. The Labute approximate surface area is 149 Å². The summed E-state index contributed by atoms with van der Waals surface area (Å²) in [5.41, 5.74) is 0.880. The smallest absolute Gasteiger partial charge is 0.247 e. The highest BCUT2D eigenvalue weighted by atomic mass is 35.5. The summed E-state index contributed by atoms with van der Waals surface area (Å²) in [5.74, 6) is 1.13. The summed E-state index contributed by atoms with van der Waals surface area (Å²) in [4.78, 5) is 2.45. The van der Waals surface area contributed by atoms with Gasteiger partial charge in [-0.1, -0.05) is 25.4 Å². The molecule has 0 aliphatic carbocycles. The molecule has 5 nitrogen and oxygen atoms in total. The lowest BCUT2D eigenvalue weighted by Gasteiger charge is -2.19. The molecular weight excluding hydrogens is 324 g/mol. The van der Waals surface area contributed by atoms with Gasteiger partial charge in [0.15, 0.2) is 0 Å². The molecule has 2 rings (SSSR count). The SMILES string of the molecule is CCN(CC)CCCC(C)NCc1nnc(-c2ccc(Cl)cc2)o1. The van der Waals surface area contributed by atoms with Gasteiger partial charge in [0.1, 0.15) is 0 Å². The first-order valence-corrected chi connectivity index (χ1v) is 9.04. The van der Waals surface area contributed by atoms with E-state index in [0.29, 0.717) is 29.4 Å². The molecular formula is C18H27ClN4O. The standard InChI is InChI=1S/C18H27ClN4O/c1-4-23(5-2)12-6-7-14(3)20-13-17-21-22-18(24-17)15-8-10-16(19)11-9-15/h8-11,14,20H,4-7,12-13H2,1-3H3. The first kappa shape index (κ1) is 18.9. The molecule has 0 saturated heterocycles. The topological polar surface area (TPSA) is 54.2 Å². The van der Waals surface area contributed by atoms with Gasteiger partial charge in [0.05, 0.1) is 6.54 Å². The second kappa shape index (κ2) is 9.77. The van der Waals surface area contributed by atoms with Crippen LogP contribution in [-0.2, 0) is 6.54 Å². The van der Waals surface area contributed by atoms with Crippen LogP contribution in [0.1, 0.15) is 39.5 Å². The lowest BCUT2D eigenvalue weighted by Crippen LogP contribution is -2.28. The highest BCUT2D eigenvalue weighted by molar-refractivity contribution is 6.30. The Balaban J connectivity index is 1.75. The van der Waals surface area contributed by atoms with Gasteiger partial charge < -0.3 is 14.6 Å². The third kappa shape index (κ3) is 5.89. The second-order valence-electron chi connectivity index (χ2n) is 5.96. The number of nitrogens with zero attached hydrogens (tertiary/aromatic N) is 3. The number of halogens is 1. The van der Waals surface area contributed by atoms with Crippen LogP contribution in [0.3, 0.4) is 0 Å². The summed E-state index contributed by atoms with van der Waals surface area (Å²) in [6.45, 7) is 10.6. The minimum atomic E-state index is 0.423.